The molecule has 1 aliphatic carbocycles. The van der Waals surface area contributed by atoms with Gasteiger partial charge >= 0.3 is 0 Å². The predicted molar refractivity (Wildman–Crippen MR) is 70.7 cm³/mol. The summed E-state index contributed by atoms with van der Waals surface area (Å²) in [5.74, 6) is 0.623. The number of methoxy groups -OCH3 is 2. The molecule has 0 aliphatic heterocycles. The Balaban J connectivity index is 2.32. The molecule has 104 valence electrons. The molecule has 0 spiro atoms. The van der Waals surface area contributed by atoms with Crippen LogP contribution in [0, 0.1) is 5.41 Å². The maximum atomic E-state index is 12.7. The number of carbonyl (C=O) groups excluding carboxylic acids is 1. The number of hydrogen-bond donors (Lipinski definition) is 0. The largest absolute Gasteiger partial charge is 0.480 e. The molecule has 1 fully saturated rings. The van der Waals surface area contributed by atoms with Crippen LogP contribution < -0.4 is 9.47 Å². The average Bonchev–Trinajstić information content (AvgIpc) is 2.46. The summed E-state index contributed by atoms with van der Waals surface area (Å²) < 4.78 is 10.2. The molecule has 0 saturated heterocycles. The monoisotopic (exact) mass is 264 g/mol. The van der Waals surface area contributed by atoms with Gasteiger partial charge in [-0.15, -0.1) is 0 Å². The molecule has 5 nitrogen and oxygen atoms in total. The topological polar surface area (TPSA) is 61.3 Å². The minimum absolute atomic E-state index is 0.0270. The lowest BCUT2D eigenvalue weighted by Gasteiger charge is -2.31. The number of hydrogen-bond acceptors (Lipinski definition) is 5. The van der Waals surface area contributed by atoms with Gasteiger partial charge in [0.1, 0.15) is 0 Å². The lowest BCUT2D eigenvalue weighted by Crippen LogP contribution is -2.31. The molecule has 0 aromatic carbocycles. The fraction of sp³-hybridized carbons (Fsp3) is 0.643. The van der Waals surface area contributed by atoms with Crippen molar-refractivity contribution in [3.05, 3.63) is 11.9 Å². The highest BCUT2D eigenvalue weighted by Crippen LogP contribution is 2.39. The normalized spacial score (nSPS) is 17.8. The summed E-state index contributed by atoms with van der Waals surface area (Å²) in [7, 11) is 3.00. The zero-order chi connectivity index (χ0) is 13.9. The molecular formula is C14H20N2O3. The third kappa shape index (κ3) is 2.69. The van der Waals surface area contributed by atoms with Gasteiger partial charge in [0, 0.05) is 5.41 Å². The number of ketones is 1. The maximum Gasteiger partial charge on any atom is 0.246 e. The second-order valence-corrected chi connectivity index (χ2v) is 5.22. The first-order chi connectivity index (χ1) is 9.10. The summed E-state index contributed by atoms with van der Waals surface area (Å²) in [6, 6.07) is 0. The van der Waals surface area contributed by atoms with Gasteiger partial charge in [-0.2, -0.15) is 4.98 Å². The van der Waals surface area contributed by atoms with Crippen molar-refractivity contribution in [2.45, 2.75) is 39.0 Å². The van der Waals surface area contributed by atoms with Crippen molar-refractivity contribution in [2.75, 3.05) is 14.2 Å². The van der Waals surface area contributed by atoms with Crippen LogP contribution in [0.1, 0.15) is 49.5 Å². The Kier molecular flexibility index (Phi) is 4.02. The van der Waals surface area contributed by atoms with Crippen molar-refractivity contribution < 1.29 is 14.3 Å². The number of aromatic nitrogens is 2. The van der Waals surface area contributed by atoms with Gasteiger partial charge in [0.2, 0.25) is 11.8 Å². The van der Waals surface area contributed by atoms with E-state index in [0.29, 0.717) is 11.6 Å². The molecule has 0 N–H and O–H groups in total. The van der Waals surface area contributed by atoms with Crippen LogP contribution in [0.4, 0.5) is 0 Å². The van der Waals surface area contributed by atoms with Crippen LogP contribution in [0.2, 0.25) is 0 Å². The highest BCUT2D eigenvalue weighted by atomic mass is 16.5. The summed E-state index contributed by atoms with van der Waals surface area (Å²) in [6.07, 6.45) is 6.66. The lowest BCUT2D eigenvalue weighted by atomic mass is 9.72. The van der Waals surface area contributed by atoms with E-state index in [1.165, 1.54) is 26.8 Å². The Bertz CT molecular complexity index is 468. The molecule has 1 saturated carbocycles. The van der Waals surface area contributed by atoms with Crippen LogP contribution in [-0.2, 0) is 0 Å². The fourth-order valence-corrected chi connectivity index (χ4v) is 2.60. The molecule has 1 heterocycles. The van der Waals surface area contributed by atoms with Crippen LogP contribution in [-0.4, -0.2) is 30.0 Å². The Morgan fingerprint density at radius 2 is 1.89 bits per heavy atom. The van der Waals surface area contributed by atoms with E-state index in [9.17, 15) is 4.79 Å². The highest BCUT2D eigenvalue weighted by Gasteiger charge is 2.37. The van der Waals surface area contributed by atoms with Gasteiger partial charge in [0.05, 0.1) is 20.4 Å². The standard InChI is InChI=1S/C14H20N2O3/c1-14(7-5-4-6-8-14)12(17)11-13(19-3)16-10(18-2)9-15-11/h9H,4-8H2,1-3H3. The molecule has 2 rings (SSSR count). The maximum absolute atomic E-state index is 12.7. The number of rotatable bonds is 4. The molecule has 1 aromatic rings. The third-order valence-corrected chi connectivity index (χ3v) is 3.84. The van der Waals surface area contributed by atoms with Crippen LogP contribution >= 0.6 is 0 Å². The summed E-state index contributed by atoms with van der Waals surface area (Å²) in [5.41, 5.74) is -0.0258. The van der Waals surface area contributed by atoms with Gasteiger partial charge in [-0.3, -0.25) is 4.79 Å². The first-order valence-electron chi connectivity index (χ1n) is 6.60. The van der Waals surface area contributed by atoms with Crippen molar-refractivity contribution in [1.82, 2.24) is 9.97 Å². The fourth-order valence-electron chi connectivity index (χ4n) is 2.60. The average molecular weight is 264 g/mol. The molecule has 19 heavy (non-hydrogen) atoms. The van der Waals surface area contributed by atoms with E-state index in [1.807, 2.05) is 6.92 Å². The first-order valence-corrected chi connectivity index (χ1v) is 6.60. The minimum atomic E-state index is -0.338. The summed E-state index contributed by atoms with van der Waals surface area (Å²) in [5, 5.41) is 0. The van der Waals surface area contributed by atoms with Crippen molar-refractivity contribution in [3.63, 3.8) is 0 Å². The van der Waals surface area contributed by atoms with Crippen molar-refractivity contribution >= 4 is 5.78 Å². The zero-order valence-corrected chi connectivity index (χ0v) is 11.7. The van der Waals surface area contributed by atoms with Crippen LogP contribution in [0.5, 0.6) is 11.8 Å². The molecule has 0 unspecified atom stereocenters. The first kappa shape index (κ1) is 13.8. The third-order valence-electron chi connectivity index (χ3n) is 3.84. The minimum Gasteiger partial charge on any atom is -0.480 e. The molecule has 5 heteroatoms. The SMILES string of the molecule is COc1cnc(C(=O)C2(C)CCCCC2)c(OC)n1. The van der Waals surface area contributed by atoms with Gasteiger partial charge in [-0.1, -0.05) is 26.2 Å². The van der Waals surface area contributed by atoms with Gasteiger partial charge in [-0.05, 0) is 12.8 Å². The van der Waals surface area contributed by atoms with Crippen molar-refractivity contribution in [2.24, 2.45) is 5.41 Å². The van der Waals surface area contributed by atoms with Gasteiger partial charge in [0.25, 0.3) is 0 Å². The van der Waals surface area contributed by atoms with E-state index in [0.717, 1.165) is 25.7 Å². The van der Waals surface area contributed by atoms with E-state index in [1.54, 1.807) is 0 Å². The van der Waals surface area contributed by atoms with Gasteiger partial charge < -0.3 is 9.47 Å². The summed E-state index contributed by atoms with van der Waals surface area (Å²) >= 11 is 0. The van der Waals surface area contributed by atoms with Crippen LogP contribution in [0.25, 0.3) is 0 Å². The smallest absolute Gasteiger partial charge is 0.246 e. The van der Waals surface area contributed by atoms with E-state index >= 15 is 0 Å². The lowest BCUT2D eigenvalue weighted by molar-refractivity contribution is 0.0739. The Morgan fingerprint density at radius 1 is 1.21 bits per heavy atom. The number of Topliss-reactive ketones (excluding diaryl/α,β-unsaturated/α-hetero) is 1. The molecule has 1 aromatic heterocycles. The van der Waals surface area contributed by atoms with E-state index in [-0.39, 0.29) is 17.1 Å². The van der Waals surface area contributed by atoms with Gasteiger partial charge in [-0.25, -0.2) is 4.98 Å². The quantitative estimate of drug-likeness (QED) is 0.782. The van der Waals surface area contributed by atoms with E-state index < -0.39 is 0 Å². The summed E-state index contributed by atoms with van der Waals surface area (Å²) in [6.45, 7) is 2.01. The molecule has 0 atom stereocenters. The highest BCUT2D eigenvalue weighted by molar-refractivity contribution is 6.00. The zero-order valence-electron chi connectivity index (χ0n) is 11.7. The molecule has 0 bridgehead atoms. The van der Waals surface area contributed by atoms with Crippen molar-refractivity contribution in [1.29, 1.82) is 0 Å². The Morgan fingerprint density at radius 3 is 2.47 bits per heavy atom. The molecular weight excluding hydrogens is 244 g/mol. The number of nitrogens with zero attached hydrogens (tertiary/aromatic N) is 2. The molecule has 1 aliphatic rings. The van der Waals surface area contributed by atoms with E-state index in [2.05, 4.69) is 9.97 Å². The second kappa shape index (κ2) is 5.55. The predicted octanol–water partition coefficient (Wildman–Crippen LogP) is 2.65. The molecule has 0 radical (unpaired) electrons. The van der Waals surface area contributed by atoms with E-state index in [4.69, 9.17) is 9.47 Å². The molecule has 0 amide bonds. The second-order valence-electron chi connectivity index (χ2n) is 5.22. The number of ether oxygens (including phenoxy) is 2. The van der Waals surface area contributed by atoms with Crippen molar-refractivity contribution in [3.8, 4) is 11.8 Å². The van der Waals surface area contributed by atoms with Crippen LogP contribution in [0.15, 0.2) is 6.20 Å². The Hall–Kier alpha value is -1.65. The van der Waals surface area contributed by atoms with Crippen LogP contribution in [0.3, 0.4) is 0 Å². The number of carbonyl (C=O) groups is 1. The Labute approximate surface area is 113 Å². The summed E-state index contributed by atoms with van der Waals surface area (Å²) in [4.78, 5) is 21.0. The van der Waals surface area contributed by atoms with Gasteiger partial charge in [0.15, 0.2) is 11.5 Å².